The number of aliphatic imine (C=N–C) groups is 1. The van der Waals surface area contributed by atoms with Crippen LogP contribution in [0.1, 0.15) is 11.1 Å². The van der Waals surface area contributed by atoms with Gasteiger partial charge in [0.1, 0.15) is 12.5 Å². The zero-order valence-electron chi connectivity index (χ0n) is 14.2. The van der Waals surface area contributed by atoms with Gasteiger partial charge in [0.25, 0.3) is 0 Å². The first kappa shape index (κ1) is 14.8. The minimum atomic E-state index is 0.646. The zero-order valence-corrected chi connectivity index (χ0v) is 14.2. The number of allylic oxidation sites excluding steroid dienone is 1. The third-order valence-corrected chi connectivity index (χ3v) is 4.63. The number of hydrogen-bond donors (Lipinski definition) is 0. The van der Waals surface area contributed by atoms with E-state index in [0.29, 0.717) is 6.67 Å². The van der Waals surface area contributed by atoms with E-state index >= 15 is 0 Å². The largest absolute Gasteiger partial charge is 0.345 e. The van der Waals surface area contributed by atoms with Gasteiger partial charge in [-0.3, -0.25) is 14.9 Å². The molecular weight excluding hydrogens is 322 g/mol. The average molecular weight is 339 g/mol. The summed E-state index contributed by atoms with van der Waals surface area (Å²) < 4.78 is 0. The summed E-state index contributed by atoms with van der Waals surface area (Å²) in [5, 5.41) is 0. The number of fused-ring (bicyclic) bond motifs is 3. The smallest absolute Gasteiger partial charge is 0.146 e. The number of benzene rings is 1. The molecule has 4 heterocycles. The average Bonchev–Trinajstić information content (AvgIpc) is 3.12. The molecule has 3 aromatic rings. The van der Waals surface area contributed by atoms with E-state index in [9.17, 15) is 0 Å². The second-order valence-electron chi connectivity index (χ2n) is 6.30. The predicted octanol–water partition coefficient (Wildman–Crippen LogP) is 3.73. The monoisotopic (exact) mass is 339 g/mol. The Labute approximate surface area is 152 Å². The van der Waals surface area contributed by atoms with Crippen LogP contribution in [-0.2, 0) is 6.54 Å². The van der Waals surface area contributed by atoms with Crippen molar-refractivity contribution < 1.29 is 0 Å². The molecule has 26 heavy (non-hydrogen) atoms. The fourth-order valence-electron chi connectivity index (χ4n) is 3.42. The van der Waals surface area contributed by atoms with E-state index in [1.165, 1.54) is 5.56 Å². The highest BCUT2D eigenvalue weighted by atomic mass is 15.3. The second kappa shape index (κ2) is 6.11. The summed E-state index contributed by atoms with van der Waals surface area (Å²) in [6.07, 6.45) is 7.68. The molecule has 2 aliphatic heterocycles. The first-order valence-corrected chi connectivity index (χ1v) is 8.60. The van der Waals surface area contributed by atoms with Gasteiger partial charge in [-0.1, -0.05) is 24.3 Å². The Balaban J connectivity index is 1.57. The van der Waals surface area contributed by atoms with Crippen LogP contribution in [0.25, 0.3) is 0 Å². The molecule has 0 fully saturated rings. The third kappa shape index (κ3) is 2.45. The van der Waals surface area contributed by atoms with E-state index in [1.54, 1.807) is 6.20 Å². The van der Waals surface area contributed by atoms with Crippen LogP contribution < -0.4 is 4.90 Å². The maximum atomic E-state index is 4.79. The number of nitrogens with zero attached hydrogens (tertiary/aromatic N) is 5. The van der Waals surface area contributed by atoms with Gasteiger partial charge in [-0.05, 0) is 35.9 Å². The Kier molecular flexibility index (Phi) is 3.49. The number of para-hydroxylation sites is 1. The minimum Gasteiger partial charge on any atom is -0.345 e. The highest BCUT2D eigenvalue weighted by Gasteiger charge is 2.31. The topological polar surface area (TPSA) is 44.6 Å². The van der Waals surface area contributed by atoms with Gasteiger partial charge < -0.3 is 4.90 Å². The lowest BCUT2D eigenvalue weighted by Gasteiger charge is -2.30. The van der Waals surface area contributed by atoms with Crippen LogP contribution >= 0.6 is 0 Å². The summed E-state index contributed by atoms with van der Waals surface area (Å²) in [5.41, 5.74) is 5.48. The van der Waals surface area contributed by atoms with Gasteiger partial charge >= 0.3 is 0 Å². The quantitative estimate of drug-likeness (QED) is 0.729. The predicted molar refractivity (Wildman–Crippen MR) is 102 cm³/mol. The molecule has 0 N–H and O–H groups in total. The molecule has 2 aromatic heterocycles. The van der Waals surface area contributed by atoms with E-state index in [-0.39, 0.29) is 0 Å². The summed E-state index contributed by atoms with van der Waals surface area (Å²) in [5.74, 6) is 0.921. The molecule has 0 aliphatic carbocycles. The van der Waals surface area contributed by atoms with E-state index in [2.05, 4.69) is 50.2 Å². The molecule has 5 rings (SSSR count). The SMILES string of the molecule is C1=C2C(=NCN2Cc2cccnc2)c2cccnc2N1c1ccccc1. The number of hydrogen-bond acceptors (Lipinski definition) is 5. The van der Waals surface area contributed by atoms with Crippen LogP contribution in [0.2, 0.25) is 0 Å². The van der Waals surface area contributed by atoms with Crippen molar-refractivity contribution in [2.45, 2.75) is 6.54 Å². The number of pyridine rings is 2. The highest BCUT2D eigenvalue weighted by Crippen LogP contribution is 2.36. The number of aromatic nitrogens is 2. The van der Waals surface area contributed by atoms with Crippen molar-refractivity contribution in [3.8, 4) is 0 Å². The normalized spacial score (nSPS) is 15.2. The lowest BCUT2D eigenvalue weighted by Crippen LogP contribution is -2.28. The number of anilines is 2. The highest BCUT2D eigenvalue weighted by molar-refractivity contribution is 6.18. The van der Waals surface area contributed by atoms with Crippen molar-refractivity contribution in [2.75, 3.05) is 11.6 Å². The maximum absolute atomic E-state index is 4.79. The molecule has 5 heteroatoms. The van der Waals surface area contributed by atoms with E-state index < -0.39 is 0 Å². The fraction of sp³-hybridized carbons (Fsp3) is 0.0952. The molecule has 0 saturated carbocycles. The summed E-state index contributed by atoms with van der Waals surface area (Å²) in [6, 6.07) is 18.4. The van der Waals surface area contributed by atoms with Crippen LogP contribution in [0, 0.1) is 0 Å². The van der Waals surface area contributed by atoms with Gasteiger partial charge in [-0.25, -0.2) is 4.98 Å². The van der Waals surface area contributed by atoms with Gasteiger partial charge in [-0.2, -0.15) is 0 Å². The van der Waals surface area contributed by atoms with Crippen LogP contribution in [-0.4, -0.2) is 27.2 Å². The van der Waals surface area contributed by atoms with Gasteiger partial charge in [0.05, 0.1) is 11.4 Å². The Morgan fingerprint density at radius 1 is 0.923 bits per heavy atom. The molecule has 5 nitrogen and oxygen atoms in total. The van der Waals surface area contributed by atoms with Gasteiger partial charge in [0.2, 0.25) is 0 Å². The number of rotatable bonds is 3. The molecule has 126 valence electrons. The van der Waals surface area contributed by atoms with E-state index in [4.69, 9.17) is 4.99 Å². The summed E-state index contributed by atoms with van der Waals surface area (Å²) in [6.45, 7) is 1.43. The summed E-state index contributed by atoms with van der Waals surface area (Å²) in [4.78, 5) is 18.1. The molecule has 0 bridgehead atoms. The third-order valence-electron chi connectivity index (χ3n) is 4.63. The molecule has 0 radical (unpaired) electrons. The lowest BCUT2D eigenvalue weighted by molar-refractivity contribution is 0.382. The van der Waals surface area contributed by atoms with Crippen molar-refractivity contribution in [3.63, 3.8) is 0 Å². The molecule has 2 aliphatic rings. The van der Waals surface area contributed by atoms with Crippen LogP contribution in [0.15, 0.2) is 90.1 Å². The molecule has 1 aromatic carbocycles. The van der Waals surface area contributed by atoms with Crippen molar-refractivity contribution in [1.82, 2.24) is 14.9 Å². The molecular formula is C21H17N5. The van der Waals surface area contributed by atoms with E-state index in [1.807, 2.05) is 42.7 Å². The van der Waals surface area contributed by atoms with Crippen LogP contribution in [0.5, 0.6) is 0 Å². The van der Waals surface area contributed by atoms with Gasteiger partial charge in [0.15, 0.2) is 0 Å². The molecule has 0 unspecified atom stereocenters. The van der Waals surface area contributed by atoms with Gasteiger partial charge in [0, 0.05) is 42.6 Å². The standard InChI is InChI=1S/C21H17N5/c1-2-7-17(8-3-1)26-14-19-20(18-9-5-11-23-21(18)26)24-15-25(19)13-16-6-4-10-22-12-16/h1-12,14H,13,15H2. The van der Waals surface area contributed by atoms with Crippen molar-refractivity contribution >= 4 is 17.2 Å². The molecule has 0 amide bonds. The second-order valence-corrected chi connectivity index (χ2v) is 6.30. The lowest BCUT2D eigenvalue weighted by atomic mass is 10.0. The van der Waals surface area contributed by atoms with Crippen molar-refractivity contribution in [2.24, 2.45) is 4.99 Å². The van der Waals surface area contributed by atoms with E-state index in [0.717, 1.165) is 35.0 Å². The maximum Gasteiger partial charge on any atom is 0.146 e. The fourth-order valence-corrected chi connectivity index (χ4v) is 3.42. The zero-order chi connectivity index (χ0) is 17.3. The Bertz CT molecular complexity index is 995. The molecule has 0 spiro atoms. The Morgan fingerprint density at radius 3 is 2.65 bits per heavy atom. The van der Waals surface area contributed by atoms with Gasteiger partial charge in [-0.15, -0.1) is 0 Å². The first-order valence-electron chi connectivity index (χ1n) is 8.60. The van der Waals surface area contributed by atoms with Crippen LogP contribution in [0.3, 0.4) is 0 Å². The Hall–Kier alpha value is -3.47. The van der Waals surface area contributed by atoms with Crippen molar-refractivity contribution in [3.05, 3.63) is 96.2 Å². The van der Waals surface area contributed by atoms with Crippen molar-refractivity contribution in [1.29, 1.82) is 0 Å². The summed E-state index contributed by atoms with van der Waals surface area (Å²) in [7, 11) is 0. The summed E-state index contributed by atoms with van der Waals surface area (Å²) >= 11 is 0. The Morgan fingerprint density at radius 2 is 1.81 bits per heavy atom. The molecule has 0 atom stereocenters. The minimum absolute atomic E-state index is 0.646. The van der Waals surface area contributed by atoms with Crippen LogP contribution in [0.4, 0.5) is 11.5 Å². The first-order chi connectivity index (χ1) is 12.9. The molecule has 0 saturated heterocycles.